The molecule has 1 heterocycles. The maximum atomic E-state index is 11.0. The Labute approximate surface area is 73.4 Å². The zero-order valence-electron chi connectivity index (χ0n) is 6.36. The third kappa shape index (κ3) is 2.93. The van der Waals surface area contributed by atoms with Crippen molar-refractivity contribution in [2.45, 2.75) is 12.8 Å². The van der Waals surface area contributed by atoms with Gasteiger partial charge in [-0.25, -0.2) is 0 Å². The van der Waals surface area contributed by atoms with Crippen LogP contribution in [0.2, 0.25) is 0 Å². The van der Waals surface area contributed by atoms with Crippen molar-refractivity contribution in [1.82, 2.24) is 10.2 Å². The lowest BCUT2D eigenvalue weighted by Crippen LogP contribution is -2.11. The second-order valence-corrected chi connectivity index (χ2v) is 2.95. The summed E-state index contributed by atoms with van der Waals surface area (Å²) in [4.78, 5) is 11.0. The van der Waals surface area contributed by atoms with Gasteiger partial charge in [0.25, 0.3) is 0 Å². The first-order valence-electron chi connectivity index (χ1n) is 3.50. The Balaban J connectivity index is 2.27. The topological polar surface area (TPSA) is 75.1 Å². The Morgan fingerprint density at radius 2 is 2.58 bits per heavy atom. The van der Waals surface area contributed by atoms with Gasteiger partial charge >= 0.3 is 0 Å². The van der Waals surface area contributed by atoms with E-state index in [2.05, 4.69) is 15.5 Å². The largest absolute Gasteiger partial charge is 0.396 e. The summed E-state index contributed by atoms with van der Waals surface area (Å²) >= 11 is 1.27. The van der Waals surface area contributed by atoms with Crippen molar-refractivity contribution in [2.75, 3.05) is 11.9 Å². The summed E-state index contributed by atoms with van der Waals surface area (Å²) in [7, 11) is 0. The monoisotopic (exact) mass is 187 g/mol. The zero-order chi connectivity index (χ0) is 8.81. The van der Waals surface area contributed by atoms with Gasteiger partial charge in [-0.3, -0.25) is 4.79 Å². The van der Waals surface area contributed by atoms with Gasteiger partial charge in [0.1, 0.15) is 5.51 Å². The summed E-state index contributed by atoms with van der Waals surface area (Å²) in [5.41, 5.74) is 1.54. The average Bonchev–Trinajstić information content (AvgIpc) is 2.53. The van der Waals surface area contributed by atoms with E-state index in [1.807, 2.05) is 0 Å². The summed E-state index contributed by atoms with van der Waals surface area (Å²) < 4.78 is 0. The number of nitrogens with one attached hydrogen (secondary N) is 1. The van der Waals surface area contributed by atoms with Gasteiger partial charge in [-0.1, -0.05) is 11.3 Å². The number of anilines is 1. The molecule has 0 unspecified atom stereocenters. The number of aliphatic hydroxyl groups is 1. The molecule has 1 amide bonds. The van der Waals surface area contributed by atoms with Crippen LogP contribution in [0.25, 0.3) is 0 Å². The van der Waals surface area contributed by atoms with Crippen LogP contribution in [0.5, 0.6) is 0 Å². The highest BCUT2D eigenvalue weighted by molar-refractivity contribution is 7.13. The first-order valence-corrected chi connectivity index (χ1v) is 4.38. The lowest BCUT2D eigenvalue weighted by Gasteiger charge is -1.97. The Morgan fingerprint density at radius 3 is 3.17 bits per heavy atom. The van der Waals surface area contributed by atoms with E-state index in [-0.39, 0.29) is 12.5 Å². The van der Waals surface area contributed by atoms with Crippen molar-refractivity contribution >= 4 is 22.4 Å². The van der Waals surface area contributed by atoms with Crippen molar-refractivity contribution in [3.63, 3.8) is 0 Å². The maximum Gasteiger partial charge on any atom is 0.226 e. The molecule has 2 N–H and O–H groups in total. The molecule has 0 aliphatic heterocycles. The molecule has 0 bridgehead atoms. The van der Waals surface area contributed by atoms with Gasteiger partial charge in [0.2, 0.25) is 11.0 Å². The average molecular weight is 187 g/mol. The molecule has 0 radical (unpaired) electrons. The minimum absolute atomic E-state index is 0.0313. The molecule has 6 heteroatoms. The molecule has 1 aromatic rings. The van der Waals surface area contributed by atoms with Crippen molar-refractivity contribution in [3.8, 4) is 0 Å². The molecule has 0 spiro atoms. The molecule has 66 valence electrons. The molecule has 0 saturated carbocycles. The highest BCUT2D eigenvalue weighted by Gasteiger charge is 2.02. The third-order valence-electron chi connectivity index (χ3n) is 1.17. The summed E-state index contributed by atoms with van der Waals surface area (Å²) in [6.45, 7) is 0.0313. The van der Waals surface area contributed by atoms with E-state index in [0.717, 1.165) is 0 Å². The van der Waals surface area contributed by atoms with Gasteiger partial charge in [0.05, 0.1) is 0 Å². The standard InChI is InChI=1S/C6H9N3O2S/c10-3-1-2-5(11)8-6-9-7-4-12-6/h4,10H,1-3H2,(H,8,9,11). The van der Waals surface area contributed by atoms with Crippen LogP contribution in [0.15, 0.2) is 5.51 Å². The molecule has 0 aliphatic rings. The van der Waals surface area contributed by atoms with Gasteiger partial charge in [-0.15, -0.1) is 10.2 Å². The number of hydrogen-bond acceptors (Lipinski definition) is 5. The van der Waals surface area contributed by atoms with Crippen LogP contribution >= 0.6 is 11.3 Å². The van der Waals surface area contributed by atoms with Crippen LogP contribution in [0.1, 0.15) is 12.8 Å². The Bertz CT molecular complexity index is 237. The highest BCUT2D eigenvalue weighted by Crippen LogP contribution is 2.08. The minimum Gasteiger partial charge on any atom is -0.396 e. The first-order chi connectivity index (χ1) is 5.83. The van der Waals surface area contributed by atoms with Crippen LogP contribution in [0.4, 0.5) is 5.13 Å². The van der Waals surface area contributed by atoms with Crippen molar-refractivity contribution in [2.24, 2.45) is 0 Å². The summed E-state index contributed by atoms with van der Waals surface area (Å²) in [5.74, 6) is -0.138. The Kier molecular flexibility index (Phi) is 3.62. The molecule has 0 fully saturated rings. The third-order valence-corrected chi connectivity index (χ3v) is 1.78. The molecule has 12 heavy (non-hydrogen) atoms. The molecule has 5 nitrogen and oxygen atoms in total. The lowest BCUT2D eigenvalue weighted by molar-refractivity contribution is -0.116. The predicted octanol–water partition coefficient (Wildman–Crippen LogP) is 0.249. The van der Waals surface area contributed by atoms with Crippen molar-refractivity contribution in [3.05, 3.63) is 5.51 Å². The van der Waals surface area contributed by atoms with E-state index in [1.54, 1.807) is 5.51 Å². The Morgan fingerprint density at radius 1 is 1.75 bits per heavy atom. The second kappa shape index (κ2) is 4.78. The van der Waals surface area contributed by atoms with Gasteiger partial charge in [-0.05, 0) is 6.42 Å². The molecule has 1 aromatic heterocycles. The molecule has 0 aliphatic carbocycles. The van der Waals surface area contributed by atoms with E-state index in [0.29, 0.717) is 18.0 Å². The fraction of sp³-hybridized carbons (Fsp3) is 0.500. The molecule has 0 aromatic carbocycles. The summed E-state index contributed by atoms with van der Waals surface area (Å²) in [6.07, 6.45) is 0.792. The first kappa shape index (κ1) is 9.08. The zero-order valence-corrected chi connectivity index (χ0v) is 7.17. The molecule has 1 rings (SSSR count). The maximum absolute atomic E-state index is 11.0. The van der Waals surface area contributed by atoms with Gasteiger partial charge < -0.3 is 10.4 Å². The van der Waals surface area contributed by atoms with Crippen LogP contribution in [-0.2, 0) is 4.79 Å². The number of aliphatic hydroxyl groups excluding tert-OH is 1. The SMILES string of the molecule is O=C(CCCO)Nc1nncs1. The van der Waals surface area contributed by atoms with Crippen molar-refractivity contribution in [1.29, 1.82) is 0 Å². The quantitative estimate of drug-likeness (QED) is 0.708. The molecule has 0 atom stereocenters. The van der Waals surface area contributed by atoms with Crippen LogP contribution in [-0.4, -0.2) is 27.8 Å². The fourth-order valence-electron chi connectivity index (χ4n) is 0.649. The fourth-order valence-corrected chi connectivity index (χ4v) is 1.11. The lowest BCUT2D eigenvalue weighted by atomic mass is 10.3. The number of carbonyl (C=O) groups excluding carboxylic acids is 1. The van der Waals surface area contributed by atoms with Gasteiger partial charge in [0, 0.05) is 13.0 Å². The summed E-state index contributed by atoms with van der Waals surface area (Å²) in [5, 5.41) is 18.7. The number of rotatable bonds is 4. The van der Waals surface area contributed by atoms with Crippen LogP contribution < -0.4 is 5.32 Å². The summed E-state index contributed by atoms with van der Waals surface area (Å²) in [6, 6.07) is 0. The van der Waals surface area contributed by atoms with Crippen LogP contribution in [0, 0.1) is 0 Å². The minimum atomic E-state index is -0.138. The smallest absolute Gasteiger partial charge is 0.226 e. The number of nitrogens with zero attached hydrogens (tertiary/aromatic N) is 2. The highest BCUT2D eigenvalue weighted by atomic mass is 32.1. The van der Waals surface area contributed by atoms with E-state index in [9.17, 15) is 4.79 Å². The van der Waals surface area contributed by atoms with Crippen LogP contribution in [0.3, 0.4) is 0 Å². The van der Waals surface area contributed by atoms with Gasteiger partial charge in [0.15, 0.2) is 0 Å². The normalized spacial score (nSPS) is 9.75. The van der Waals surface area contributed by atoms with E-state index < -0.39 is 0 Å². The predicted molar refractivity (Wildman–Crippen MR) is 44.9 cm³/mol. The van der Waals surface area contributed by atoms with Crippen molar-refractivity contribution < 1.29 is 9.90 Å². The molecular weight excluding hydrogens is 178 g/mol. The molecule has 0 saturated heterocycles. The van der Waals surface area contributed by atoms with E-state index in [1.165, 1.54) is 11.3 Å². The second-order valence-electron chi connectivity index (χ2n) is 2.12. The molecular formula is C6H9N3O2S. The Hall–Kier alpha value is -1.01. The number of amides is 1. The number of carbonyl (C=O) groups is 1. The van der Waals surface area contributed by atoms with E-state index >= 15 is 0 Å². The number of hydrogen-bond donors (Lipinski definition) is 2. The number of aromatic nitrogens is 2. The van der Waals surface area contributed by atoms with Gasteiger partial charge in [-0.2, -0.15) is 0 Å². The van der Waals surface area contributed by atoms with E-state index in [4.69, 9.17) is 5.11 Å².